The molecule has 10 heteroatoms. The second kappa shape index (κ2) is 8.40. The van der Waals surface area contributed by atoms with Crippen molar-refractivity contribution < 1.29 is 8.42 Å². The average Bonchev–Trinajstić information content (AvgIpc) is 3.40. The van der Waals surface area contributed by atoms with Crippen LogP contribution in [-0.4, -0.2) is 66.0 Å². The van der Waals surface area contributed by atoms with Crippen molar-refractivity contribution >= 4 is 15.8 Å². The molecule has 5 atom stereocenters. The van der Waals surface area contributed by atoms with Crippen LogP contribution in [0.3, 0.4) is 0 Å². The Morgan fingerprint density at radius 1 is 1.09 bits per heavy atom. The fraction of sp³-hybridized carbons (Fsp3) is 0.636. The third-order valence-corrected chi connectivity index (χ3v) is 8.78. The summed E-state index contributed by atoms with van der Waals surface area (Å²) in [6.45, 7) is 4.67. The third-order valence-electron chi connectivity index (χ3n) is 7.48. The summed E-state index contributed by atoms with van der Waals surface area (Å²) >= 11 is 0. The Bertz CT molecular complexity index is 1060. The molecule has 3 fully saturated rings. The molecule has 2 aliphatic heterocycles. The van der Waals surface area contributed by atoms with Crippen molar-refractivity contribution in [3.8, 4) is 0 Å². The van der Waals surface area contributed by atoms with Crippen LogP contribution < -0.4 is 15.8 Å². The summed E-state index contributed by atoms with van der Waals surface area (Å²) in [5.74, 6) is 2.51. The number of pyridine rings is 1. The number of aromatic nitrogens is 3. The van der Waals surface area contributed by atoms with Gasteiger partial charge >= 0.3 is 0 Å². The van der Waals surface area contributed by atoms with Gasteiger partial charge in [-0.2, -0.15) is 9.40 Å². The number of nitrogens with one attached hydrogen (secondary N) is 2. The molecule has 0 bridgehead atoms. The zero-order valence-corrected chi connectivity index (χ0v) is 19.8. The minimum absolute atomic E-state index is 0.223. The highest BCUT2D eigenvalue weighted by atomic mass is 32.2. The average molecular weight is 460 g/mol. The first-order valence-corrected chi connectivity index (χ1v) is 13.3. The molecule has 9 nitrogen and oxygen atoms in total. The van der Waals surface area contributed by atoms with Crippen LogP contribution in [-0.2, 0) is 17.1 Å². The van der Waals surface area contributed by atoms with Gasteiger partial charge in [-0.1, -0.05) is 6.92 Å². The molecular weight excluding hydrogens is 426 g/mol. The Kier molecular flexibility index (Phi) is 5.73. The molecule has 5 rings (SSSR count). The number of piperazine rings is 1. The third kappa shape index (κ3) is 4.16. The van der Waals surface area contributed by atoms with E-state index in [2.05, 4.69) is 51.1 Å². The topological polar surface area (TPSA) is 95.4 Å². The first-order valence-electron chi connectivity index (χ1n) is 11.4. The van der Waals surface area contributed by atoms with Gasteiger partial charge in [0.1, 0.15) is 5.82 Å². The van der Waals surface area contributed by atoms with E-state index in [0.29, 0.717) is 50.0 Å². The van der Waals surface area contributed by atoms with Crippen molar-refractivity contribution in [2.75, 3.05) is 37.3 Å². The van der Waals surface area contributed by atoms with Gasteiger partial charge < -0.3 is 4.90 Å². The first kappa shape index (κ1) is 21.8. The highest BCUT2D eigenvalue weighted by molar-refractivity contribution is 7.88. The number of hydrogen-bond donors (Lipinski definition) is 2. The molecule has 4 heterocycles. The van der Waals surface area contributed by atoms with E-state index in [-0.39, 0.29) is 6.04 Å². The lowest BCUT2D eigenvalue weighted by Crippen LogP contribution is -2.48. The summed E-state index contributed by atoms with van der Waals surface area (Å²) in [4.78, 5) is 6.79. The number of nitrogens with zero attached hydrogens (tertiary/aromatic N) is 5. The molecular formula is C22H33N7O2S. The maximum Gasteiger partial charge on any atom is 0.211 e. The lowest BCUT2D eigenvalue weighted by Gasteiger charge is -2.37. The van der Waals surface area contributed by atoms with Crippen LogP contribution in [0.25, 0.3) is 0 Å². The summed E-state index contributed by atoms with van der Waals surface area (Å²) in [7, 11) is -1.16. The van der Waals surface area contributed by atoms with Gasteiger partial charge in [-0.25, -0.2) is 18.8 Å². The van der Waals surface area contributed by atoms with Gasteiger partial charge in [0.2, 0.25) is 10.0 Å². The number of fused-ring (bicyclic) bond motifs is 1. The lowest BCUT2D eigenvalue weighted by molar-refractivity contribution is 0.209. The predicted octanol–water partition coefficient (Wildman–Crippen LogP) is 1.24. The van der Waals surface area contributed by atoms with Crippen molar-refractivity contribution in [3.05, 3.63) is 41.9 Å². The fourth-order valence-corrected chi connectivity index (χ4v) is 6.60. The van der Waals surface area contributed by atoms with Crippen LogP contribution in [0.1, 0.15) is 42.9 Å². The van der Waals surface area contributed by atoms with Crippen molar-refractivity contribution in [1.29, 1.82) is 0 Å². The van der Waals surface area contributed by atoms with E-state index in [0.717, 1.165) is 12.2 Å². The van der Waals surface area contributed by atoms with E-state index in [9.17, 15) is 8.42 Å². The second-order valence-corrected chi connectivity index (χ2v) is 11.6. The Hall–Kier alpha value is -2.01. The maximum atomic E-state index is 11.8. The van der Waals surface area contributed by atoms with Gasteiger partial charge in [0, 0.05) is 51.7 Å². The Balaban J connectivity index is 1.33. The van der Waals surface area contributed by atoms with E-state index in [4.69, 9.17) is 0 Å². The number of rotatable bonds is 4. The molecule has 3 aliphatic rings. The second-order valence-electron chi connectivity index (χ2n) is 9.65. The van der Waals surface area contributed by atoms with Crippen LogP contribution in [0.15, 0.2) is 30.7 Å². The number of anilines is 1. The zero-order chi connectivity index (χ0) is 22.5. The van der Waals surface area contributed by atoms with Gasteiger partial charge in [-0.15, -0.1) is 0 Å². The summed E-state index contributed by atoms with van der Waals surface area (Å²) in [5, 5.41) is 4.39. The maximum absolute atomic E-state index is 11.8. The summed E-state index contributed by atoms with van der Waals surface area (Å²) in [6, 6.07) is 4.95. The molecule has 2 aromatic rings. The van der Waals surface area contributed by atoms with Gasteiger partial charge in [-0.3, -0.25) is 10.1 Å². The van der Waals surface area contributed by atoms with Crippen LogP contribution in [0, 0.1) is 11.8 Å². The van der Waals surface area contributed by atoms with Crippen molar-refractivity contribution in [3.63, 3.8) is 0 Å². The number of hydrogen-bond acceptors (Lipinski definition) is 7. The summed E-state index contributed by atoms with van der Waals surface area (Å²) in [6.07, 6.45) is 9.62. The van der Waals surface area contributed by atoms with Gasteiger partial charge in [-0.05, 0) is 53.9 Å². The van der Waals surface area contributed by atoms with Crippen LogP contribution in [0.2, 0.25) is 0 Å². The Labute approximate surface area is 190 Å². The monoisotopic (exact) mass is 459 g/mol. The van der Waals surface area contributed by atoms with Gasteiger partial charge in [0.25, 0.3) is 0 Å². The predicted molar refractivity (Wildman–Crippen MR) is 124 cm³/mol. The molecule has 2 aromatic heterocycles. The largest absolute Gasteiger partial charge is 0.354 e. The van der Waals surface area contributed by atoms with Crippen molar-refractivity contribution in [2.45, 2.75) is 37.8 Å². The normalized spacial score (nSPS) is 31.6. The Morgan fingerprint density at radius 3 is 2.56 bits per heavy atom. The smallest absolute Gasteiger partial charge is 0.211 e. The van der Waals surface area contributed by atoms with Gasteiger partial charge in [0.15, 0.2) is 0 Å². The number of hydrazine groups is 1. The minimum atomic E-state index is -3.14. The standard InChI is InChI=1S/C22H33N7O2S/c1-15-10-17(18-13-24-27(2)14-18)11-19-21(15)25-26-22(19)16-4-5-23-20(12-16)28-6-8-29(9-7-28)32(3,30)31/h4-5,12-15,17,19,21-22,25-26H,6-11H2,1-3H3. The molecule has 0 spiro atoms. The molecule has 174 valence electrons. The van der Waals surface area contributed by atoms with Crippen molar-refractivity contribution in [2.24, 2.45) is 18.9 Å². The summed E-state index contributed by atoms with van der Waals surface area (Å²) < 4.78 is 27.1. The minimum Gasteiger partial charge on any atom is -0.354 e. The van der Waals surface area contributed by atoms with E-state index in [1.165, 1.54) is 23.8 Å². The molecule has 32 heavy (non-hydrogen) atoms. The van der Waals surface area contributed by atoms with Crippen LogP contribution in [0.4, 0.5) is 5.82 Å². The highest BCUT2D eigenvalue weighted by Gasteiger charge is 2.45. The molecule has 1 aliphatic carbocycles. The van der Waals surface area contributed by atoms with E-state index in [1.54, 1.807) is 4.31 Å². The molecule has 1 saturated carbocycles. The fourth-order valence-electron chi connectivity index (χ4n) is 5.78. The highest BCUT2D eigenvalue weighted by Crippen LogP contribution is 2.46. The zero-order valence-electron chi connectivity index (χ0n) is 19.0. The van der Waals surface area contributed by atoms with Crippen LogP contribution >= 0.6 is 0 Å². The van der Waals surface area contributed by atoms with Gasteiger partial charge in [0.05, 0.1) is 18.5 Å². The molecule has 0 aromatic carbocycles. The summed E-state index contributed by atoms with van der Waals surface area (Å²) in [5.41, 5.74) is 9.72. The van der Waals surface area contributed by atoms with Crippen molar-refractivity contribution in [1.82, 2.24) is 29.9 Å². The molecule has 0 amide bonds. The van der Waals surface area contributed by atoms with E-state index < -0.39 is 10.0 Å². The lowest BCUT2D eigenvalue weighted by atomic mass is 9.68. The van der Waals surface area contributed by atoms with Crippen LogP contribution in [0.5, 0.6) is 0 Å². The molecule has 2 saturated heterocycles. The van der Waals surface area contributed by atoms with E-state index >= 15 is 0 Å². The van der Waals surface area contributed by atoms with E-state index in [1.807, 2.05) is 24.1 Å². The number of sulfonamides is 1. The quantitative estimate of drug-likeness (QED) is 0.710. The SMILES string of the molecule is CC1CC(c2cnn(C)c2)CC2C(c3ccnc(N4CCN(S(C)(=O)=O)CC4)c3)NNC12. The first-order chi connectivity index (χ1) is 15.3. The number of aryl methyl sites for hydroxylation is 1. The molecule has 5 unspecified atom stereocenters. The molecule has 2 N–H and O–H groups in total. The molecule has 0 radical (unpaired) electrons. The Morgan fingerprint density at radius 2 is 1.88 bits per heavy atom.